The standard InChI is InChI=1S/C61H110O6/c1-4-7-10-13-16-19-22-25-28-29-30-31-34-36-39-42-45-48-51-54-60(63)66-57-58(67-61(64)55-52-49-46-43-40-37-33-27-24-21-18-15-12-9-6-3)56-65-59(62)53-50-47-44-41-38-35-32-26-23-20-17-14-11-8-5-2/h9,12,18,21,27,33,40,43,58H,4-8,10-11,13-17,19-20,22-26,28-32,34-39,41-42,44-57H2,1-3H3/b12-9-,21-18-,33-27-,43-40-/t58-/m0/s1. The first-order valence-electron chi connectivity index (χ1n) is 29.1. The maximum absolute atomic E-state index is 12.8. The number of allylic oxidation sites excluding steroid dienone is 8. The van der Waals surface area contributed by atoms with Crippen molar-refractivity contribution in [2.75, 3.05) is 13.2 Å². The fourth-order valence-corrected chi connectivity index (χ4v) is 8.49. The van der Waals surface area contributed by atoms with Crippen LogP contribution >= 0.6 is 0 Å². The van der Waals surface area contributed by atoms with Gasteiger partial charge in [0.25, 0.3) is 0 Å². The predicted molar refractivity (Wildman–Crippen MR) is 289 cm³/mol. The van der Waals surface area contributed by atoms with E-state index in [0.29, 0.717) is 19.3 Å². The molecule has 0 amide bonds. The molecule has 390 valence electrons. The van der Waals surface area contributed by atoms with Gasteiger partial charge in [0.1, 0.15) is 13.2 Å². The minimum Gasteiger partial charge on any atom is -0.462 e. The Morgan fingerprint density at radius 3 is 0.910 bits per heavy atom. The SMILES string of the molecule is CC/C=C\C/C=C\C/C=C\C/C=C\CCCCC(=O)O[C@@H](COC(=O)CCCCCCCCCCCCCCCCC)COC(=O)CCCCCCCCCCCCCCCCCCCCC. The highest BCUT2D eigenvalue weighted by Crippen LogP contribution is 2.17. The highest BCUT2D eigenvalue weighted by atomic mass is 16.6. The van der Waals surface area contributed by atoms with Crippen molar-refractivity contribution in [1.29, 1.82) is 0 Å². The fourth-order valence-electron chi connectivity index (χ4n) is 8.49. The molecule has 0 rings (SSSR count). The van der Waals surface area contributed by atoms with E-state index in [2.05, 4.69) is 69.4 Å². The lowest BCUT2D eigenvalue weighted by molar-refractivity contribution is -0.167. The molecule has 1 atom stereocenters. The maximum Gasteiger partial charge on any atom is 0.306 e. The molecule has 0 saturated heterocycles. The first-order valence-corrected chi connectivity index (χ1v) is 29.1. The van der Waals surface area contributed by atoms with Crippen LogP contribution in [0.15, 0.2) is 48.6 Å². The minimum atomic E-state index is -0.791. The van der Waals surface area contributed by atoms with Crippen LogP contribution in [-0.4, -0.2) is 37.2 Å². The predicted octanol–water partition coefficient (Wildman–Crippen LogP) is 19.4. The van der Waals surface area contributed by atoms with Gasteiger partial charge >= 0.3 is 17.9 Å². The van der Waals surface area contributed by atoms with Crippen LogP contribution in [0.2, 0.25) is 0 Å². The lowest BCUT2D eigenvalue weighted by atomic mass is 10.0. The Labute approximate surface area is 416 Å². The monoisotopic (exact) mass is 939 g/mol. The summed E-state index contributed by atoms with van der Waals surface area (Å²) in [5.74, 6) is -0.910. The number of hydrogen-bond donors (Lipinski definition) is 0. The number of esters is 3. The van der Waals surface area contributed by atoms with Crippen LogP contribution in [0.5, 0.6) is 0 Å². The summed E-state index contributed by atoms with van der Waals surface area (Å²) < 4.78 is 16.8. The molecule has 0 bridgehead atoms. The Balaban J connectivity index is 4.36. The molecule has 0 heterocycles. The summed E-state index contributed by atoms with van der Waals surface area (Å²) >= 11 is 0. The molecule has 0 N–H and O–H groups in total. The molecule has 0 radical (unpaired) electrons. The molecule has 0 saturated carbocycles. The van der Waals surface area contributed by atoms with Crippen LogP contribution in [0.3, 0.4) is 0 Å². The van der Waals surface area contributed by atoms with Crippen molar-refractivity contribution in [3.8, 4) is 0 Å². The average Bonchev–Trinajstić information content (AvgIpc) is 3.33. The van der Waals surface area contributed by atoms with Gasteiger partial charge in [-0.2, -0.15) is 0 Å². The zero-order valence-electron chi connectivity index (χ0n) is 44.7. The van der Waals surface area contributed by atoms with Gasteiger partial charge in [-0.1, -0.05) is 275 Å². The summed E-state index contributed by atoms with van der Waals surface area (Å²) in [4.78, 5) is 38.1. The van der Waals surface area contributed by atoms with E-state index in [9.17, 15) is 14.4 Å². The number of carbonyl (C=O) groups excluding carboxylic acids is 3. The molecule has 0 aliphatic heterocycles. The first kappa shape index (κ1) is 64.4. The van der Waals surface area contributed by atoms with Gasteiger partial charge in [0.05, 0.1) is 0 Å². The van der Waals surface area contributed by atoms with Crippen molar-refractivity contribution in [2.45, 2.75) is 309 Å². The van der Waals surface area contributed by atoms with E-state index in [4.69, 9.17) is 14.2 Å². The van der Waals surface area contributed by atoms with Crippen molar-refractivity contribution in [1.82, 2.24) is 0 Å². The van der Waals surface area contributed by atoms with Crippen molar-refractivity contribution in [3.63, 3.8) is 0 Å². The Morgan fingerprint density at radius 1 is 0.313 bits per heavy atom. The van der Waals surface area contributed by atoms with Crippen molar-refractivity contribution >= 4 is 17.9 Å². The normalized spacial score (nSPS) is 12.3. The fraction of sp³-hybridized carbons (Fsp3) is 0.820. The molecule has 0 aliphatic carbocycles. The van der Waals surface area contributed by atoms with E-state index in [-0.39, 0.29) is 37.5 Å². The Morgan fingerprint density at radius 2 is 0.582 bits per heavy atom. The summed E-state index contributed by atoms with van der Waals surface area (Å²) in [6, 6.07) is 0. The van der Waals surface area contributed by atoms with E-state index in [1.807, 2.05) is 0 Å². The third-order valence-electron chi connectivity index (χ3n) is 12.8. The van der Waals surface area contributed by atoms with Gasteiger partial charge in [0, 0.05) is 19.3 Å². The maximum atomic E-state index is 12.8. The van der Waals surface area contributed by atoms with Gasteiger partial charge in [0.2, 0.25) is 0 Å². The van der Waals surface area contributed by atoms with Crippen molar-refractivity contribution in [2.24, 2.45) is 0 Å². The minimum absolute atomic E-state index is 0.0854. The zero-order valence-corrected chi connectivity index (χ0v) is 44.7. The van der Waals surface area contributed by atoms with Crippen molar-refractivity contribution < 1.29 is 28.6 Å². The Bertz CT molecular complexity index is 1170. The van der Waals surface area contributed by atoms with Crippen LogP contribution in [0.25, 0.3) is 0 Å². The van der Waals surface area contributed by atoms with E-state index in [0.717, 1.165) is 77.0 Å². The molecule has 6 nitrogen and oxygen atoms in total. The Kier molecular flexibility index (Phi) is 53.8. The number of carbonyl (C=O) groups is 3. The second-order valence-electron chi connectivity index (χ2n) is 19.5. The number of rotatable bonds is 53. The quantitative estimate of drug-likeness (QED) is 0.0262. The lowest BCUT2D eigenvalue weighted by Crippen LogP contribution is -2.30. The number of ether oxygens (including phenoxy) is 3. The summed E-state index contributed by atoms with van der Waals surface area (Å²) in [6.45, 7) is 6.54. The van der Waals surface area contributed by atoms with Crippen LogP contribution < -0.4 is 0 Å². The molecule has 6 heteroatoms. The van der Waals surface area contributed by atoms with E-state index < -0.39 is 6.10 Å². The highest BCUT2D eigenvalue weighted by molar-refractivity contribution is 5.71. The summed E-state index contributed by atoms with van der Waals surface area (Å²) in [5.41, 5.74) is 0. The van der Waals surface area contributed by atoms with E-state index in [1.54, 1.807) is 0 Å². The lowest BCUT2D eigenvalue weighted by Gasteiger charge is -2.18. The van der Waals surface area contributed by atoms with Crippen LogP contribution in [0, 0.1) is 0 Å². The molecule has 0 unspecified atom stereocenters. The second kappa shape index (κ2) is 56.0. The van der Waals surface area contributed by atoms with Gasteiger partial charge in [-0.05, 0) is 57.8 Å². The van der Waals surface area contributed by atoms with Crippen molar-refractivity contribution in [3.05, 3.63) is 48.6 Å². The molecule has 0 aromatic rings. The molecule has 67 heavy (non-hydrogen) atoms. The van der Waals surface area contributed by atoms with Gasteiger partial charge in [-0.15, -0.1) is 0 Å². The second-order valence-corrected chi connectivity index (χ2v) is 19.5. The molecular weight excluding hydrogens is 829 g/mol. The molecular formula is C61H110O6. The number of unbranched alkanes of at least 4 members (excludes halogenated alkanes) is 34. The van der Waals surface area contributed by atoms with E-state index in [1.165, 1.54) is 180 Å². The van der Waals surface area contributed by atoms with E-state index >= 15 is 0 Å². The van der Waals surface area contributed by atoms with Gasteiger partial charge in [-0.3, -0.25) is 14.4 Å². The Hall–Kier alpha value is -2.63. The molecule has 0 aromatic heterocycles. The zero-order chi connectivity index (χ0) is 48.6. The summed E-state index contributed by atoms with van der Waals surface area (Å²) in [5, 5.41) is 0. The smallest absolute Gasteiger partial charge is 0.306 e. The van der Waals surface area contributed by atoms with Crippen LogP contribution in [-0.2, 0) is 28.6 Å². The summed E-state index contributed by atoms with van der Waals surface area (Å²) in [7, 11) is 0. The van der Waals surface area contributed by atoms with Crippen LogP contribution in [0.4, 0.5) is 0 Å². The summed E-state index contributed by atoms with van der Waals surface area (Å²) in [6.07, 6.45) is 68.2. The topological polar surface area (TPSA) is 78.9 Å². The van der Waals surface area contributed by atoms with Gasteiger partial charge < -0.3 is 14.2 Å². The highest BCUT2D eigenvalue weighted by Gasteiger charge is 2.19. The largest absolute Gasteiger partial charge is 0.462 e. The number of hydrogen-bond acceptors (Lipinski definition) is 6. The average molecular weight is 940 g/mol. The molecule has 0 aromatic carbocycles. The third-order valence-corrected chi connectivity index (χ3v) is 12.8. The molecule has 0 fully saturated rings. The first-order chi connectivity index (χ1) is 33.0. The van der Waals surface area contributed by atoms with Gasteiger partial charge in [0.15, 0.2) is 6.10 Å². The molecule has 0 aliphatic rings. The van der Waals surface area contributed by atoms with Gasteiger partial charge in [-0.25, -0.2) is 0 Å². The molecule has 0 spiro atoms. The third kappa shape index (κ3) is 54.2. The van der Waals surface area contributed by atoms with Crippen LogP contribution in [0.1, 0.15) is 303 Å².